The molecule has 2 aromatic carbocycles. The minimum Gasteiger partial charge on any atom is -0.326 e. The number of halogens is 2. The number of carbonyl (C=O) groups excluding carboxylic acids is 2. The number of piperidine rings is 1. The molecule has 10 heteroatoms. The number of nitrogens with zero attached hydrogens (tertiary/aromatic N) is 1. The molecule has 1 aliphatic rings. The zero-order chi connectivity index (χ0) is 22.6. The Morgan fingerprint density at radius 3 is 2.16 bits per heavy atom. The molecular formula is C21H23Cl2N3O4S. The number of nitrogens with one attached hydrogen (secondary N) is 2. The van der Waals surface area contributed by atoms with Gasteiger partial charge in [0.15, 0.2) is 0 Å². The van der Waals surface area contributed by atoms with E-state index in [4.69, 9.17) is 23.2 Å². The van der Waals surface area contributed by atoms with Gasteiger partial charge in [-0.2, -0.15) is 4.31 Å². The first-order valence-corrected chi connectivity index (χ1v) is 12.1. The molecule has 1 heterocycles. The lowest BCUT2D eigenvalue weighted by Gasteiger charge is -2.30. The Kier molecular flexibility index (Phi) is 7.59. The number of hydrogen-bond donors (Lipinski definition) is 2. The summed E-state index contributed by atoms with van der Waals surface area (Å²) in [6.07, 6.45) is 1.18. The van der Waals surface area contributed by atoms with Crippen molar-refractivity contribution in [2.45, 2.75) is 31.1 Å². The van der Waals surface area contributed by atoms with Gasteiger partial charge < -0.3 is 10.6 Å². The van der Waals surface area contributed by atoms with E-state index >= 15 is 0 Å². The zero-order valence-electron chi connectivity index (χ0n) is 16.9. The summed E-state index contributed by atoms with van der Waals surface area (Å²) in [6, 6.07) is 11.2. The van der Waals surface area contributed by atoms with Gasteiger partial charge in [-0.3, -0.25) is 9.59 Å². The third-order valence-electron chi connectivity index (χ3n) is 5.09. The van der Waals surface area contributed by atoms with Crippen LogP contribution < -0.4 is 10.6 Å². The summed E-state index contributed by atoms with van der Waals surface area (Å²) >= 11 is 12.0. The average molecular weight is 484 g/mol. The van der Waals surface area contributed by atoms with E-state index in [1.165, 1.54) is 22.5 Å². The van der Waals surface area contributed by atoms with E-state index in [9.17, 15) is 18.0 Å². The Bertz CT molecular complexity index is 1070. The Morgan fingerprint density at radius 2 is 1.58 bits per heavy atom. The summed E-state index contributed by atoms with van der Waals surface area (Å²) in [6.45, 7) is 2.19. The molecule has 0 radical (unpaired) electrons. The Morgan fingerprint density at radius 1 is 1.00 bits per heavy atom. The Hall–Kier alpha value is -2.13. The Balaban J connectivity index is 1.58. The van der Waals surface area contributed by atoms with Gasteiger partial charge in [-0.05, 0) is 55.3 Å². The SMILES string of the molecule is CCC(=O)Nc1ccc(NC(=O)C2CCN(S(=O)(=O)c3cc(Cl)ccc3Cl)CC2)cc1. The van der Waals surface area contributed by atoms with Gasteiger partial charge in [0.05, 0.1) is 5.02 Å². The van der Waals surface area contributed by atoms with Crippen LogP contribution in [0, 0.1) is 5.92 Å². The highest BCUT2D eigenvalue weighted by atomic mass is 35.5. The largest absolute Gasteiger partial charge is 0.326 e. The molecule has 0 unspecified atom stereocenters. The topological polar surface area (TPSA) is 95.6 Å². The first-order valence-electron chi connectivity index (χ1n) is 9.86. The molecule has 31 heavy (non-hydrogen) atoms. The second kappa shape index (κ2) is 9.99. The average Bonchev–Trinajstić information content (AvgIpc) is 2.76. The fourth-order valence-corrected chi connectivity index (χ4v) is 5.51. The lowest BCUT2D eigenvalue weighted by atomic mass is 9.97. The van der Waals surface area contributed by atoms with Crippen molar-refractivity contribution in [2.75, 3.05) is 23.7 Å². The van der Waals surface area contributed by atoms with Gasteiger partial charge in [-0.15, -0.1) is 0 Å². The highest BCUT2D eigenvalue weighted by Gasteiger charge is 2.33. The van der Waals surface area contributed by atoms with Crippen molar-refractivity contribution in [3.05, 3.63) is 52.5 Å². The maximum absolute atomic E-state index is 12.9. The molecule has 0 atom stereocenters. The third kappa shape index (κ3) is 5.77. The fourth-order valence-electron chi connectivity index (χ4n) is 3.30. The van der Waals surface area contributed by atoms with Crippen molar-refractivity contribution < 1.29 is 18.0 Å². The van der Waals surface area contributed by atoms with Gasteiger partial charge in [0.25, 0.3) is 0 Å². The second-order valence-corrected chi connectivity index (χ2v) is 9.97. The number of carbonyl (C=O) groups is 2. The fraction of sp³-hybridized carbons (Fsp3) is 0.333. The van der Waals surface area contributed by atoms with E-state index in [2.05, 4.69) is 10.6 Å². The molecule has 2 aromatic rings. The molecule has 2 amide bonds. The molecule has 0 spiro atoms. The predicted octanol–water partition coefficient (Wildman–Crippen LogP) is 4.38. The molecule has 1 saturated heterocycles. The Labute approximate surface area is 191 Å². The quantitative estimate of drug-likeness (QED) is 0.636. The highest BCUT2D eigenvalue weighted by Crippen LogP contribution is 2.30. The number of anilines is 2. The molecule has 1 fully saturated rings. The van der Waals surface area contributed by atoms with Crippen LogP contribution in [0.5, 0.6) is 0 Å². The lowest BCUT2D eigenvalue weighted by Crippen LogP contribution is -2.41. The number of sulfonamides is 1. The second-order valence-electron chi connectivity index (χ2n) is 7.22. The summed E-state index contributed by atoms with van der Waals surface area (Å²) in [5, 5.41) is 6.00. The van der Waals surface area contributed by atoms with Crippen LogP contribution in [-0.4, -0.2) is 37.6 Å². The smallest absolute Gasteiger partial charge is 0.244 e. The highest BCUT2D eigenvalue weighted by molar-refractivity contribution is 7.89. The summed E-state index contributed by atoms with van der Waals surface area (Å²) in [5.41, 5.74) is 1.27. The van der Waals surface area contributed by atoms with Crippen LogP contribution in [0.4, 0.5) is 11.4 Å². The number of benzene rings is 2. The van der Waals surface area contributed by atoms with Gasteiger partial charge in [0, 0.05) is 41.8 Å². The minimum absolute atomic E-state index is 0.0279. The summed E-state index contributed by atoms with van der Waals surface area (Å²) in [5.74, 6) is -0.554. The van der Waals surface area contributed by atoms with Crippen molar-refractivity contribution in [3.63, 3.8) is 0 Å². The summed E-state index contributed by atoms with van der Waals surface area (Å²) in [7, 11) is -3.79. The maximum Gasteiger partial charge on any atom is 0.244 e. The van der Waals surface area contributed by atoms with Crippen LogP contribution in [0.1, 0.15) is 26.2 Å². The molecule has 1 aliphatic heterocycles. The molecule has 166 valence electrons. The molecule has 0 aliphatic carbocycles. The molecule has 7 nitrogen and oxygen atoms in total. The summed E-state index contributed by atoms with van der Waals surface area (Å²) in [4.78, 5) is 24.0. The van der Waals surface area contributed by atoms with Crippen molar-refractivity contribution in [3.8, 4) is 0 Å². The van der Waals surface area contributed by atoms with Crippen LogP contribution in [0.25, 0.3) is 0 Å². The van der Waals surface area contributed by atoms with E-state index in [0.29, 0.717) is 30.6 Å². The lowest BCUT2D eigenvalue weighted by molar-refractivity contribution is -0.121. The summed E-state index contributed by atoms with van der Waals surface area (Å²) < 4.78 is 27.2. The van der Waals surface area contributed by atoms with Crippen LogP contribution in [0.2, 0.25) is 10.0 Å². The van der Waals surface area contributed by atoms with Crippen LogP contribution in [-0.2, 0) is 19.6 Å². The number of rotatable bonds is 6. The molecule has 2 N–H and O–H groups in total. The minimum atomic E-state index is -3.79. The van der Waals surface area contributed by atoms with Gasteiger partial charge in [-0.1, -0.05) is 30.1 Å². The number of hydrogen-bond acceptors (Lipinski definition) is 4. The molecule has 0 saturated carbocycles. The zero-order valence-corrected chi connectivity index (χ0v) is 19.2. The van der Waals surface area contributed by atoms with Crippen LogP contribution in [0.3, 0.4) is 0 Å². The van der Waals surface area contributed by atoms with Gasteiger partial charge in [-0.25, -0.2) is 8.42 Å². The monoisotopic (exact) mass is 483 g/mol. The van der Waals surface area contributed by atoms with E-state index in [0.717, 1.165) is 0 Å². The van der Waals surface area contributed by atoms with Gasteiger partial charge in [0.1, 0.15) is 4.90 Å². The van der Waals surface area contributed by atoms with Crippen molar-refractivity contribution in [1.82, 2.24) is 4.31 Å². The first kappa shape index (κ1) is 23.5. The van der Waals surface area contributed by atoms with E-state index in [1.807, 2.05) is 0 Å². The van der Waals surface area contributed by atoms with Crippen LogP contribution in [0.15, 0.2) is 47.4 Å². The van der Waals surface area contributed by atoms with Crippen molar-refractivity contribution in [2.24, 2.45) is 5.92 Å². The molecular weight excluding hydrogens is 461 g/mol. The van der Waals surface area contributed by atoms with Crippen LogP contribution >= 0.6 is 23.2 Å². The molecule has 0 bridgehead atoms. The molecule has 3 rings (SSSR count). The third-order valence-corrected chi connectivity index (χ3v) is 7.71. The van der Waals surface area contributed by atoms with Gasteiger partial charge >= 0.3 is 0 Å². The van der Waals surface area contributed by atoms with Crippen molar-refractivity contribution >= 4 is 56.4 Å². The maximum atomic E-state index is 12.9. The van der Waals surface area contributed by atoms with E-state index < -0.39 is 10.0 Å². The first-order chi connectivity index (χ1) is 14.7. The van der Waals surface area contributed by atoms with E-state index in [1.54, 1.807) is 31.2 Å². The van der Waals surface area contributed by atoms with Gasteiger partial charge in [0.2, 0.25) is 21.8 Å². The standard InChI is InChI=1S/C21H23Cl2N3O4S/c1-2-20(27)24-16-4-6-17(7-5-16)25-21(28)14-9-11-26(12-10-14)31(29,30)19-13-15(22)3-8-18(19)23/h3-8,13-14H,2,9-12H2,1H3,(H,24,27)(H,25,28). The molecule has 0 aromatic heterocycles. The van der Waals surface area contributed by atoms with E-state index in [-0.39, 0.29) is 45.8 Å². The number of amides is 2. The predicted molar refractivity (Wildman–Crippen MR) is 122 cm³/mol. The van der Waals surface area contributed by atoms with Crippen molar-refractivity contribution in [1.29, 1.82) is 0 Å². The normalized spacial score (nSPS) is 15.5.